The highest BCUT2D eigenvalue weighted by Gasteiger charge is 2.43. The van der Waals surface area contributed by atoms with Gasteiger partial charge in [-0.05, 0) is 30.0 Å². The number of rotatable bonds is 1. The van der Waals surface area contributed by atoms with E-state index in [1.807, 2.05) is 36.4 Å². The third-order valence-corrected chi connectivity index (χ3v) is 4.20. The second-order valence-electron chi connectivity index (χ2n) is 6.41. The van der Waals surface area contributed by atoms with E-state index in [0.29, 0.717) is 5.75 Å². The summed E-state index contributed by atoms with van der Waals surface area (Å²) < 4.78 is 6.26. The second kappa shape index (κ2) is 4.27. The molecule has 0 amide bonds. The van der Waals surface area contributed by atoms with Crippen LogP contribution < -0.4 is 4.74 Å². The Labute approximate surface area is 120 Å². The van der Waals surface area contributed by atoms with E-state index >= 15 is 0 Å². The first-order chi connectivity index (χ1) is 9.42. The fraction of sp³-hybridized carbons (Fsp3) is 0.333. The van der Waals surface area contributed by atoms with E-state index in [1.54, 1.807) is 6.07 Å². The third kappa shape index (κ3) is 1.96. The summed E-state index contributed by atoms with van der Waals surface area (Å²) in [5, 5.41) is 10.2. The molecule has 0 fully saturated rings. The van der Waals surface area contributed by atoms with Crippen LogP contribution in [0.15, 0.2) is 48.5 Å². The Morgan fingerprint density at radius 3 is 2.20 bits per heavy atom. The van der Waals surface area contributed by atoms with Crippen LogP contribution in [-0.4, -0.2) is 5.11 Å². The number of ether oxygens (including phenoxy) is 1. The summed E-state index contributed by atoms with van der Waals surface area (Å²) in [5.41, 5.74) is 1.57. The first-order valence-electron chi connectivity index (χ1n) is 6.99. The topological polar surface area (TPSA) is 29.5 Å². The largest absolute Gasteiger partial charge is 0.508 e. The number of phenolic OH excluding ortho intramolecular Hbond substituents is 1. The highest BCUT2D eigenvalue weighted by atomic mass is 16.5. The number of hydrogen-bond acceptors (Lipinski definition) is 2. The van der Waals surface area contributed by atoms with Gasteiger partial charge in [-0.15, -0.1) is 0 Å². The average molecular weight is 268 g/mol. The van der Waals surface area contributed by atoms with Crippen molar-refractivity contribution in [3.8, 4) is 11.5 Å². The predicted octanol–water partition coefficient (Wildman–Crippen LogP) is 4.37. The Morgan fingerprint density at radius 2 is 1.50 bits per heavy atom. The lowest BCUT2D eigenvalue weighted by molar-refractivity contribution is 0.0305. The Bertz CT molecular complexity index is 645. The molecule has 1 aliphatic rings. The smallest absolute Gasteiger partial charge is 0.136 e. The van der Waals surface area contributed by atoms with Crippen molar-refractivity contribution in [1.82, 2.24) is 0 Å². The molecule has 0 saturated carbocycles. The summed E-state index contributed by atoms with van der Waals surface area (Å²) in [4.78, 5) is 0. The minimum absolute atomic E-state index is 0.00583. The molecule has 3 rings (SSSR count). The highest BCUT2D eigenvalue weighted by molar-refractivity contribution is 5.46. The van der Waals surface area contributed by atoms with Gasteiger partial charge in [0.25, 0.3) is 0 Å². The van der Waals surface area contributed by atoms with Crippen molar-refractivity contribution >= 4 is 0 Å². The minimum Gasteiger partial charge on any atom is -0.508 e. The van der Waals surface area contributed by atoms with Gasteiger partial charge in [0.15, 0.2) is 0 Å². The van der Waals surface area contributed by atoms with Gasteiger partial charge >= 0.3 is 0 Å². The fourth-order valence-corrected chi connectivity index (χ4v) is 3.40. The lowest BCUT2D eigenvalue weighted by Gasteiger charge is -2.44. The van der Waals surface area contributed by atoms with Crippen molar-refractivity contribution in [3.63, 3.8) is 0 Å². The van der Waals surface area contributed by atoms with E-state index < -0.39 is 5.60 Å². The second-order valence-corrected chi connectivity index (χ2v) is 6.41. The SMILES string of the molecule is CC1(C)C[C@](C)(c2ccccc2O)Oc2ccccc21. The lowest BCUT2D eigenvalue weighted by atomic mass is 9.71. The molecule has 0 unspecified atom stereocenters. The van der Waals surface area contributed by atoms with Gasteiger partial charge in [0.05, 0.1) is 0 Å². The van der Waals surface area contributed by atoms with E-state index in [4.69, 9.17) is 4.74 Å². The third-order valence-electron chi connectivity index (χ3n) is 4.20. The van der Waals surface area contributed by atoms with Crippen LogP contribution >= 0.6 is 0 Å². The zero-order chi connectivity index (χ0) is 14.4. The number of para-hydroxylation sites is 2. The molecule has 0 saturated heterocycles. The van der Waals surface area contributed by atoms with Crippen LogP contribution in [0.25, 0.3) is 0 Å². The van der Waals surface area contributed by atoms with Crippen LogP contribution in [0.4, 0.5) is 0 Å². The Hall–Kier alpha value is -1.96. The molecule has 0 aliphatic carbocycles. The summed E-state index contributed by atoms with van der Waals surface area (Å²) in [5.74, 6) is 1.21. The van der Waals surface area contributed by atoms with Crippen LogP contribution in [0.1, 0.15) is 38.3 Å². The molecular formula is C18H20O2. The van der Waals surface area contributed by atoms with Gasteiger partial charge in [-0.25, -0.2) is 0 Å². The van der Waals surface area contributed by atoms with Crippen LogP contribution in [0, 0.1) is 0 Å². The highest BCUT2D eigenvalue weighted by Crippen LogP contribution is 2.49. The van der Waals surface area contributed by atoms with Gasteiger partial charge in [0, 0.05) is 12.0 Å². The number of benzene rings is 2. The predicted molar refractivity (Wildman–Crippen MR) is 80.2 cm³/mol. The quantitative estimate of drug-likeness (QED) is 0.832. The van der Waals surface area contributed by atoms with E-state index in [2.05, 4.69) is 26.8 Å². The summed E-state index contributed by atoms with van der Waals surface area (Å²) >= 11 is 0. The van der Waals surface area contributed by atoms with Gasteiger partial charge in [-0.2, -0.15) is 0 Å². The molecule has 1 N–H and O–H groups in total. The van der Waals surface area contributed by atoms with Gasteiger partial charge in [0.1, 0.15) is 17.1 Å². The summed E-state index contributed by atoms with van der Waals surface area (Å²) in [6.45, 7) is 6.51. The number of fused-ring (bicyclic) bond motifs is 1. The van der Waals surface area contributed by atoms with Crippen molar-refractivity contribution in [2.75, 3.05) is 0 Å². The van der Waals surface area contributed by atoms with Gasteiger partial charge < -0.3 is 9.84 Å². The average Bonchev–Trinajstić information content (AvgIpc) is 2.38. The normalized spacial score (nSPS) is 23.8. The van der Waals surface area contributed by atoms with Crippen molar-refractivity contribution in [3.05, 3.63) is 59.7 Å². The molecule has 104 valence electrons. The van der Waals surface area contributed by atoms with E-state index in [1.165, 1.54) is 5.56 Å². The van der Waals surface area contributed by atoms with Crippen molar-refractivity contribution in [2.24, 2.45) is 0 Å². The van der Waals surface area contributed by atoms with Crippen molar-refractivity contribution < 1.29 is 9.84 Å². The van der Waals surface area contributed by atoms with Gasteiger partial charge in [-0.1, -0.05) is 50.2 Å². The molecule has 2 aromatic carbocycles. The number of phenols is 1. The molecule has 0 bridgehead atoms. The van der Waals surface area contributed by atoms with E-state index in [9.17, 15) is 5.11 Å². The molecular weight excluding hydrogens is 248 g/mol. The molecule has 0 spiro atoms. The fourth-order valence-electron chi connectivity index (χ4n) is 3.40. The minimum atomic E-state index is -0.511. The maximum absolute atomic E-state index is 10.2. The van der Waals surface area contributed by atoms with Gasteiger partial charge in [0.2, 0.25) is 0 Å². The zero-order valence-electron chi connectivity index (χ0n) is 12.2. The molecule has 0 radical (unpaired) electrons. The maximum atomic E-state index is 10.2. The summed E-state index contributed by atoms with van der Waals surface area (Å²) in [6.07, 6.45) is 0.828. The maximum Gasteiger partial charge on any atom is 0.136 e. The molecule has 0 aromatic heterocycles. The number of aromatic hydroxyl groups is 1. The summed E-state index contributed by atoms with van der Waals surface area (Å²) in [7, 11) is 0. The Kier molecular flexibility index (Phi) is 2.79. The molecule has 20 heavy (non-hydrogen) atoms. The lowest BCUT2D eigenvalue weighted by Crippen LogP contribution is -2.41. The monoisotopic (exact) mass is 268 g/mol. The number of hydrogen-bond donors (Lipinski definition) is 1. The molecule has 2 aromatic rings. The summed E-state index contributed by atoms with van der Waals surface area (Å²) in [6, 6.07) is 15.6. The van der Waals surface area contributed by atoms with Crippen molar-refractivity contribution in [2.45, 2.75) is 38.2 Å². The standard InChI is InChI=1S/C18H20O2/c1-17(2)12-18(3,13-8-4-6-10-15(13)19)20-16-11-7-5-9-14(16)17/h4-11,19H,12H2,1-3H3/t18-/m1/s1. The van der Waals surface area contributed by atoms with Crippen LogP contribution in [0.5, 0.6) is 11.5 Å². The first-order valence-corrected chi connectivity index (χ1v) is 6.99. The van der Waals surface area contributed by atoms with Crippen molar-refractivity contribution in [1.29, 1.82) is 0 Å². The molecule has 2 nitrogen and oxygen atoms in total. The van der Waals surface area contributed by atoms with Gasteiger partial charge in [-0.3, -0.25) is 0 Å². The molecule has 1 heterocycles. The van der Waals surface area contributed by atoms with E-state index in [-0.39, 0.29) is 5.41 Å². The van der Waals surface area contributed by atoms with Crippen LogP contribution in [0.3, 0.4) is 0 Å². The Morgan fingerprint density at radius 1 is 0.900 bits per heavy atom. The van der Waals surface area contributed by atoms with Crippen LogP contribution in [-0.2, 0) is 11.0 Å². The Balaban J connectivity index is 2.13. The molecule has 2 heteroatoms. The first kappa shape index (κ1) is 13.0. The van der Waals surface area contributed by atoms with E-state index in [0.717, 1.165) is 17.7 Å². The molecule has 1 atom stereocenters. The van der Waals surface area contributed by atoms with Crippen LogP contribution in [0.2, 0.25) is 0 Å². The zero-order valence-corrected chi connectivity index (χ0v) is 12.2. The molecule has 1 aliphatic heterocycles.